The molecule has 2 aromatic rings. The monoisotopic (exact) mass is 545 g/mol. The number of unbranched alkanes of at least 4 members (excludes halogenated alkanes) is 1. The zero-order chi connectivity index (χ0) is 26.2. The van der Waals surface area contributed by atoms with Gasteiger partial charge in [0.1, 0.15) is 18.4 Å². The van der Waals surface area contributed by atoms with E-state index in [2.05, 4.69) is 5.32 Å². The molecular weight excluding hydrogens is 516 g/mol. The topological polar surface area (TPSA) is 86.8 Å². The molecule has 2 aromatic carbocycles. The maximum absolute atomic E-state index is 14.5. The van der Waals surface area contributed by atoms with Gasteiger partial charge in [-0.1, -0.05) is 61.7 Å². The molecule has 0 aliphatic carbocycles. The number of nitrogens with one attached hydrogen (secondary N) is 1. The van der Waals surface area contributed by atoms with Crippen LogP contribution in [0.25, 0.3) is 0 Å². The molecule has 35 heavy (non-hydrogen) atoms. The second-order valence-corrected chi connectivity index (χ2v) is 10.7. The fourth-order valence-corrected chi connectivity index (χ4v) is 4.90. The zero-order valence-electron chi connectivity index (χ0n) is 19.9. The average molecular weight is 546 g/mol. The summed E-state index contributed by atoms with van der Waals surface area (Å²) in [5, 5.41) is 3.41. The van der Waals surface area contributed by atoms with E-state index in [0.717, 1.165) is 25.2 Å². The van der Waals surface area contributed by atoms with Gasteiger partial charge < -0.3 is 10.2 Å². The summed E-state index contributed by atoms with van der Waals surface area (Å²) in [6, 6.07) is 9.21. The predicted octanol–water partition coefficient (Wildman–Crippen LogP) is 4.62. The molecule has 0 unspecified atom stereocenters. The standard InChI is InChI=1S/C24H30Cl2FN3O4S/c1-4-6-14-28-24(32)21(5-2)29(15-17-18(25)10-9-11-19(17)26)23(31)16-30(35(3,33)34)22-13-8-7-12-20(22)27/h7-13,21H,4-6,14-16H2,1-3H3,(H,28,32)/t21-/m1/s1. The molecule has 1 atom stereocenters. The molecule has 0 aromatic heterocycles. The Kier molecular flexibility index (Phi) is 10.8. The minimum atomic E-state index is -4.04. The van der Waals surface area contributed by atoms with Gasteiger partial charge in [-0.3, -0.25) is 13.9 Å². The molecule has 0 spiro atoms. The van der Waals surface area contributed by atoms with Gasteiger partial charge in [0.2, 0.25) is 21.8 Å². The molecule has 0 fully saturated rings. The Morgan fingerprint density at radius 2 is 1.69 bits per heavy atom. The predicted molar refractivity (Wildman–Crippen MR) is 138 cm³/mol. The van der Waals surface area contributed by atoms with E-state index >= 15 is 0 Å². The molecule has 0 bridgehead atoms. The van der Waals surface area contributed by atoms with Crippen LogP contribution in [0.2, 0.25) is 10.0 Å². The summed E-state index contributed by atoms with van der Waals surface area (Å²) in [7, 11) is -4.04. The van der Waals surface area contributed by atoms with Crippen molar-refractivity contribution in [2.45, 2.75) is 45.7 Å². The van der Waals surface area contributed by atoms with Gasteiger partial charge in [-0.2, -0.15) is 0 Å². The Balaban J connectivity index is 2.48. The molecule has 0 aliphatic rings. The van der Waals surface area contributed by atoms with Gasteiger partial charge in [0.05, 0.1) is 11.9 Å². The summed E-state index contributed by atoms with van der Waals surface area (Å²) in [4.78, 5) is 27.8. The van der Waals surface area contributed by atoms with Crippen LogP contribution in [0.15, 0.2) is 42.5 Å². The first-order valence-electron chi connectivity index (χ1n) is 11.2. The lowest BCUT2D eigenvalue weighted by atomic mass is 10.1. The van der Waals surface area contributed by atoms with Gasteiger partial charge >= 0.3 is 0 Å². The van der Waals surface area contributed by atoms with Gasteiger partial charge in [0, 0.05) is 28.7 Å². The molecule has 7 nitrogen and oxygen atoms in total. The third-order valence-electron chi connectivity index (χ3n) is 5.41. The van der Waals surface area contributed by atoms with Crippen molar-refractivity contribution in [2.24, 2.45) is 0 Å². The number of halogens is 3. The van der Waals surface area contributed by atoms with Crippen molar-refractivity contribution in [3.63, 3.8) is 0 Å². The molecular formula is C24H30Cl2FN3O4S. The van der Waals surface area contributed by atoms with Crippen molar-refractivity contribution >= 4 is 50.7 Å². The van der Waals surface area contributed by atoms with Crippen molar-refractivity contribution in [1.29, 1.82) is 0 Å². The highest BCUT2D eigenvalue weighted by atomic mass is 35.5. The molecule has 11 heteroatoms. The summed E-state index contributed by atoms with van der Waals surface area (Å²) in [5.41, 5.74) is 0.153. The third kappa shape index (κ3) is 7.81. The molecule has 2 amide bonds. The Bertz CT molecular complexity index is 1130. The highest BCUT2D eigenvalue weighted by Gasteiger charge is 2.33. The minimum Gasteiger partial charge on any atom is -0.354 e. The lowest BCUT2D eigenvalue weighted by Gasteiger charge is -2.33. The van der Waals surface area contributed by atoms with Crippen LogP contribution in [0.1, 0.15) is 38.7 Å². The number of nitrogens with zero attached hydrogens (tertiary/aromatic N) is 2. The molecule has 2 rings (SSSR count). The van der Waals surface area contributed by atoms with E-state index in [1.54, 1.807) is 25.1 Å². The normalized spacial score (nSPS) is 12.2. The van der Waals surface area contributed by atoms with E-state index in [1.165, 1.54) is 23.1 Å². The number of rotatable bonds is 12. The fraction of sp³-hybridized carbons (Fsp3) is 0.417. The van der Waals surface area contributed by atoms with E-state index < -0.39 is 34.3 Å². The number of para-hydroxylation sites is 1. The minimum absolute atomic E-state index is 0.133. The van der Waals surface area contributed by atoms with Crippen molar-refractivity contribution in [3.05, 3.63) is 63.9 Å². The summed E-state index contributed by atoms with van der Waals surface area (Å²) in [6.45, 7) is 3.32. The number of amides is 2. The lowest BCUT2D eigenvalue weighted by Crippen LogP contribution is -2.52. The molecule has 0 saturated carbocycles. The second-order valence-electron chi connectivity index (χ2n) is 8.01. The van der Waals surface area contributed by atoms with Crippen LogP contribution in [0.5, 0.6) is 0 Å². The smallest absolute Gasteiger partial charge is 0.244 e. The van der Waals surface area contributed by atoms with Crippen LogP contribution < -0.4 is 9.62 Å². The van der Waals surface area contributed by atoms with E-state index in [1.807, 2.05) is 6.92 Å². The molecule has 0 saturated heterocycles. The van der Waals surface area contributed by atoms with Crippen LogP contribution in [0.3, 0.4) is 0 Å². The van der Waals surface area contributed by atoms with Crippen molar-refractivity contribution in [1.82, 2.24) is 10.2 Å². The fourth-order valence-electron chi connectivity index (χ4n) is 3.53. The summed E-state index contributed by atoms with van der Waals surface area (Å²) >= 11 is 12.6. The summed E-state index contributed by atoms with van der Waals surface area (Å²) in [6.07, 6.45) is 2.78. The van der Waals surface area contributed by atoms with E-state index in [9.17, 15) is 22.4 Å². The number of carbonyl (C=O) groups excluding carboxylic acids is 2. The number of hydrogen-bond acceptors (Lipinski definition) is 4. The molecule has 192 valence electrons. The van der Waals surface area contributed by atoms with Crippen LogP contribution >= 0.6 is 23.2 Å². The number of carbonyl (C=O) groups is 2. The van der Waals surface area contributed by atoms with Gasteiger partial charge in [-0.15, -0.1) is 0 Å². The maximum Gasteiger partial charge on any atom is 0.244 e. The summed E-state index contributed by atoms with van der Waals surface area (Å²) in [5.74, 6) is -1.88. The van der Waals surface area contributed by atoms with Crippen molar-refractivity contribution < 1.29 is 22.4 Å². The van der Waals surface area contributed by atoms with Gasteiger partial charge in [0.25, 0.3) is 0 Å². The van der Waals surface area contributed by atoms with Crippen molar-refractivity contribution in [3.8, 4) is 0 Å². The van der Waals surface area contributed by atoms with Crippen LogP contribution in [0.4, 0.5) is 10.1 Å². The number of hydrogen-bond donors (Lipinski definition) is 1. The van der Waals surface area contributed by atoms with E-state index in [4.69, 9.17) is 23.2 Å². The third-order valence-corrected chi connectivity index (χ3v) is 7.24. The first-order chi connectivity index (χ1) is 16.5. The molecule has 0 radical (unpaired) electrons. The number of sulfonamides is 1. The van der Waals surface area contributed by atoms with Gasteiger partial charge in [0.15, 0.2) is 0 Å². The first kappa shape index (κ1) is 28.9. The zero-order valence-corrected chi connectivity index (χ0v) is 22.3. The van der Waals surface area contributed by atoms with Gasteiger partial charge in [-0.05, 0) is 37.1 Å². The molecule has 0 heterocycles. The van der Waals surface area contributed by atoms with Gasteiger partial charge in [-0.25, -0.2) is 12.8 Å². The quantitative estimate of drug-likeness (QED) is 0.394. The molecule has 1 N–H and O–H groups in total. The number of anilines is 1. The van der Waals surface area contributed by atoms with Crippen LogP contribution in [-0.2, 0) is 26.2 Å². The van der Waals surface area contributed by atoms with Crippen LogP contribution in [-0.4, -0.2) is 50.5 Å². The Hall–Kier alpha value is -2.36. The van der Waals surface area contributed by atoms with E-state index in [-0.39, 0.29) is 24.6 Å². The molecule has 0 aliphatic heterocycles. The number of benzene rings is 2. The lowest BCUT2D eigenvalue weighted by molar-refractivity contribution is -0.140. The Morgan fingerprint density at radius 1 is 1.06 bits per heavy atom. The largest absolute Gasteiger partial charge is 0.354 e. The Morgan fingerprint density at radius 3 is 2.23 bits per heavy atom. The summed E-state index contributed by atoms with van der Waals surface area (Å²) < 4.78 is 40.2. The average Bonchev–Trinajstić information content (AvgIpc) is 2.79. The second kappa shape index (κ2) is 13.1. The SMILES string of the molecule is CCCCNC(=O)[C@@H](CC)N(Cc1c(Cl)cccc1Cl)C(=O)CN(c1ccccc1F)S(C)(=O)=O. The van der Waals surface area contributed by atoms with Crippen LogP contribution in [0, 0.1) is 5.82 Å². The highest BCUT2D eigenvalue weighted by Crippen LogP contribution is 2.28. The maximum atomic E-state index is 14.5. The highest BCUT2D eigenvalue weighted by molar-refractivity contribution is 7.92. The first-order valence-corrected chi connectivity index (χ1v) is 13.8. The van der Waals surface area contributed by atoms with Crippen molar-refractivity contribution in [2.75, 3.05) is 23.7 Å². The van der Waals surface area contributed by atoms with E-state index in [0.29, 0.717) is 26.5 Å². The Labute approximate surface area is 216 Å².